The zero-order valence-electron chi connectivity index (χ0n) is 56.3. The van der Waals surface area contributed by atoms with E-state index in [4.69, 9.17) is 0 Å². The number of allylic oxidation sites excluding steroid dienone is 1. The Kier molecular flexibility index (Phi) is 101. The van der Waals surface area contributed by atoms with E-state index >= 15 is 0 Å². The Morgan fingerprint density at radius 2 is 0.633 bits per heavy atom. The van der Waals surface area contributed by atoms with Gasteiger partial charge in [-0.3, -0.25) is 0 Å². The molecule has 0 saturated carbocycles. The summed E-state index contributed by atoms with van der Waals surface area (Å²) in [5.74, 6) is 0. The van der Waals surface area contributed by atoms with Crippen molar-refractivity contribution in [2.24, 2.45) is 0 Å². The molecule has 0 aromatic heterocycles. The molecular formula is C73H130F2O2P2. The zero-order valence-corrected chi connectivity index (χ0v) is 58.1. The second-order valence-corrected chi connectivity index (χ2v) is 25.1. The molecule has 0 radical (unpaired) electrons. The highest BCUT2D eigenvalue weighted by Crippen LogP contribution is 2.59. The number of halogens is 2. The van der Waals surface area contributed by atoms with Gasteiger partial charge in [0.25, 0.3) is 0 Å². The topological polar surface area (TPSA) is 34.1 Å². The van der Waals surface area contributed by atoms with Gasteiger partial charge in [0, 0.05) is 11.7 Å². The van der Waals surface area contributed by atoms with Crippen molar-refractivity contribution in [2.75, 3.05) is 26.7 Å². The van der Waals surface area contributed by atoms with Crippen LogP contribution < -0.4 is 0 Å². The predicted molar refractivity (Wildman–Crippen MR) is 370 cm³/mol. The van der Waals surface area contributed by atoms with E-state index in [1.807, 2.05) is 119 Å². The van der Waals surface area contributed by atoms with Crippen LogP contribution >= 0.6 is 14.3 Å². The van der Waals surface area contributed by atoms with E-state index in [-0.39, 0.29) is 5.56 Å². The SMILES string of the molecule is C=C.C=C=CC.CC.CCC.CCC.CCC.CCCC.CCCC.CCCC.CCCCC.CP(C)(=O)C(F)(F)c1ccccc1.CP(C)(=O)Cc1ccccc1.Cc1ccccc1.Cc1ccccc1.Cc1ccccc1. The summed E-state index contributed by atoms with van der Waals surface area (Å²) in [6.07, 6.45) is 18.2. The summed E-state index contributed by atoms with van der Waals surface area (Å²) in [6.45, 7) is 57.5. The first-order valence-corrected chi connectivity index (χ1v) is 35.2. The molecule has 0 aliphatic rings. The van der Waals surface area contributed by atoms with Crippen LogP contribution in [0, 0.1) is 20.8 Å². The molecule has 0 heterocycles. The molecule has 6 heteroatoms. The lowest BCUT2D eigenvalue weighted by molar-refractivity contribution is 0.0893. The lowest BCUT2D eigenvalue weighted by atomic mass is 10.2. The van der Waals surface area contributed by atoms with Crippen LogP contribution in [0.25, 0.3) is 0 Å². The summed E-state index contributed by atoms with van der Waals surface area (Å²) in [7, 11) is -5.31. The van der Waals surface area contributed by atoms with Crippen molar-refractivity contribution in [2.45, 2.75) is 227 Å². The lowest BCUT2D eigenvalue weighted by Gasteiger charge is -2.20. The summed E-state index contributed by atoms with van der Waals surface area (Å²) in [5, 5.41) is 0. The molecule has 5 rings (SSSR count). The van der Waals surface area contributed by atoms with Gasteiger partial charge in [0.15, 0.2) is 7.14 Å². The first-order chi connectivity index (χ1) is 37.4. The molecule has 0 unspecified atom stereocenters. The molecule has 0 atom stereocenters. The highest BCUT2D eigenvalue weighted by molar-refractivity contribution is 7.63. The second kappa shape index (κ2) is 82.5. The van der Waals surface area contributed by atoms with Crippen LogP contribution in [0.1, 0.15) is 223 Å². The highest BCUT2D eigenvalue weighted by Gasteiger charge is 2.44. The Balaban J connectivity index is -0.0000000836. The van der Waals surface area contributed by atoms with E-state index in [0.29, 0.717) is 6.16 Å². The molecule has 0 spiro atoms. The Bertz CT molecular complexity index is 1770. The predicted octanol–water partition coefficient (Wildman–Crippen LogP) is 27.2. The third-order valence-corrected chi connectivity index (χ3v) is 11.2. The average molecular weight is 1140 g/mol. The van der Waals surface area contributed by atoms with Crippen LogP contribution in [0.4, 0.5) is 8.78 Å². The van der Waals surface area contributed by atoms with E-state index < -0.39 is 19.9 Å². The number of unbranched alkanes of at least 4 members (excludes halogenated alkanes) is 5. The molecule has 0 aliphatic heterocycles. The van der Waals surface area contributed by atoms with Crippen molar-refractivity contribution >= 4 is 14.3 Å². The molecular weight excluding hydrogens is 1010 g/mol. The first kappa shape index (κ1) is 96.9. The fourth-order valence-corrected chi connectivity index (χ4v) is 5.79. The number of hydrogen-bond acceptors (Lipinski definition) is 2. The van der Waals surface area contributed by atoms with Gasteiger partial charge in [-0.05, 0) is 66.0 Å². The Labute approximate surface area is 494 Å². The molecule has 5 aromatic carbocycles. The molecule has 0 aliphatic carbocycles. The van der Waals surface area contributed by atoms with Gasteiger partial charge in [0.2, 0.25) is 0 Å². The smallest absolute Gasteiger partial charge is 0.322 e. The van der Waals surface area contributed by atoms with Crippen molar-refractivity contribution < 1.29 is 17.9 Å². The first-order valence-electron chi connectivity index (χ1n) is 29.8. The Morgan fingerprint density at radius 1 is 0.430 bits per heavy atom. The normalized spacial score (nSPS) is 8.73. The molecule has 0 N–H and O–H groups in total. The quantitative estimate of drug-likeness (QED) is 0.0837. The number of rotatable bonds is 9. The van der Waals surface area contributed by atoms with Crippen LogP contribution in [0.5, 0.6) is 0 Å². The van der Waals surface area contributed by atoms with Gasteiger partial charge >= 0.3 is 5.66 Å². The minimum absolute atomic E-state index is 0.177. The fourth-order valence-electron chi connectivity index (χ4n) is 3.93. The standard InChI is InChI=1S/C9H11F2OP.C9H13OP.3C7H8.C5H12.3C4H10.C4H6.3C3H8.C2H6.C2H4/c1-13(2,12)9(10,11)8-6-4-3-5-7-8;1-11(2,10)8-9-6-4-3-5-7-9;3*1-7-5-3-2-4-6-7;1-3-5-4-2;4*1-3-4-2;3*1-3-2;2*1-2/h3-7H,1-2H3;3-7H,8H2,1-2H3;3*2-6H,1H3;3-5H2,1-2H3;3*3-4H2,1-2H3;4H,1H2,2H3;3*3H2,1-2H3;1-2H3;1-2H2. The summed E-state index contributed by atoms with van der Waals surface area (Å²) in [5.41, 5.74) is 4.30. The number of benzene rings is 5. The summed E-state index contributed by atoms with van der Waals surface area (Å²) in [4.78, 5) is 0. The van der Waals surface area contributed by atoms with Gasteiger partial charge in [-0.25, -0.2) is 0 Å². The molecule has 458 valence electrons. The monoisotopic (exact) mass is 1140 g/mol. The number of aryl methyl sites for hydroxylation is 3. The number of alkyl halides is 2. The van der Waals surface area contributed by atoms with Crippen LogP contribution in [-0.4, -0.2) is 26.7 Å². The summed E-state index contributed by atoms with van der Waals surface area (Å²) >= 11 is 0. The lowest BCUT2D eigenvalue weighted by Crippen LogP contribution is -2.12. The van der Waals surface area contributed by atoms with Gasteiger partial charge in [0.1, 0.15) is 0 Å². The van der Waals surface area contributed by atoms with Crippen molar-refractivity contribution in [1.29, 1.82) is 0 Å². The van der Waals surface area contributed by atoms with E-state index in [0.717, 1.165) is 13.3 Å². The summed E-state index contributed by atoms with van der Waals surface area (Å²) < 4.78 is 49.5. The van der Waals surface area contributed by atoms with E-state index in [1.54, 1.807) is 12.1 Å². The molecule has 5 aromatic rings. The largest absolute Gasteiger partial charge is 0.324 e. The minimum Gasteiger partial charge on any atom is -0.324 e. The van der Waals surface area contributed by atoms with Crippen LogP contribution in [0.2, 0.25) is 0 Å². The average Bonchev–Trinajstić information content (AvgIpc) is 3.44. The Morgan fingerprint density at radius 3 is 0.759 bits per heavy atom. The molecule has 0 bridgehead atoms. The second-order valence-electron chi connectivity index (χ2n) is 18.4. The number of hydrogen-bond donors (Lipinski definition) is 0. The Hall–Kier alpha value is -4.32. The van der Waals surface area contributed by atoms with Crippen LogP contribution in [0.15, 0.2) is 183 Å². The maximum absolute atomic E-state index is 13.4. The molecule has 0 amide bonds. The van der Waals surface area contributed by atoms with Gasteiger partial charge in [0.05, 0.1) is 7.14 Å². The van der Waals surface area contributed by atoms with Gasteiger partial charge in [-0.15, -0.1) is 18.9 Å². The fraction of sp³-hybridized carbons (Fsp3) is 0.521. The summed E-state index contributed by atoms with van der Waals surface area (Å²) in [6, 6.07) is 48.0. The zero-order chi connectivity index (χ0) is 63.7. The van der Waals surface area contributed by atoms with Gasteiger partial charge in [-0.2, -0.15) is 8.78 Å². The molecule has 0 fully saturated rings. The van der Waals surface area contributed by atoms with Crippen molar-refractivity contribution in [3.8, 4) is 0 Å². The molecule has 79 heavy (non-hydrogen) atoms. The minimum atomic E-state index is -3.42. The highest BCUT2D eigenvalue weighted by atomic mass is 31.2. The van der Waals surface area contributed by atoms with Crippen molar-refractivity contribution in [1.82, 2.24) is 0 Å². The van der Waals surface area contributed by atoms with Gasteiger partial charge in [-0.1, -0.05) is 363 Å². The van der Waals surface area contributed by atoms with Crippen molar-refractivity contribution in [3.63, 3.8) is 0 Å². The maximum atomic E-state index is 13.4. The van der Waals surface area contributed by atoms with E-state index in [2.05, 4.69) is 180 Å². The van der Waals surface area contributed by atoms with Crippen LogP contribution in [-0.2, 0) is 21.0 Å². The van der Waals surface area contributed by atoms with E-state index in [1.165, 1.54) is 124 Å². The van der Waals surface area contributed by atoms with Gasteiger partial charge < -0.3 is 9.13 Å². The third-order valence-electron chi connectivity index (χ3n) is 8.44. The van der Waals surface area contributed by atoms with E-state index in [9.17, 15) is 17.9 Å². The molecule has 2 nitrogen and oxygen atoms in total. The molecule has 0 saturated heterocycles. The third kappa shape index (κ3) is 99.5. The van der Waals surface area contributed by atoms with Crippen molar-refractivity contribution in [3.05, 3.63) is 211 Å². The maximum Gasteiger partial charge on any atom is 0.322 e. The van der Waals surface area contributed by atoms with Crippen LogP contribution in [0.3, 0.4) is 0 Å².